The van der Waals surface area contributed by atoms with Crippen LogP contribution in [0.2, 0.25) is 0 Å². The highest BCUT2D eigenvalue weighted by atomic mass is 16.6. The molecule has 0 amide bonds. The summed E-state index contributed by atoms with van der Waals surface area (Å²) in [4.78, 5) is 9.34. The highest BCUT2D eigenvalue weighted by Crippen LogP contribution is 2.37. The van der Waals surface area contributed by atoms with Gasteiger partial charge in [-0.3, -0.25) is 4.90 Å². The Balaban J connectivity index is 1.30. The second-order valence-corrected chi connectivity index (χ2v) is 8.18. The first-order chi connectivity index (χ1) is 14.2. The number of ether oxygens (including phenoxy) is 1. The molecule has 3 aliphatic heterocycles. The number of nitrogens with zero attached hydrogens (tertiary/aromatic N) is 4. The van der Waals surface area contributed by atoms with E-state index in [9.17, 15) is 5.11 Å². The maximum absolute atomic E-state index is 10.7. The van der Waals surface area contributed by atoms with Gasteiger partial charge in [-0.1, -0.05) is 0 Å². The molecule has 0 bridgehead atoms. The van der Waals surface area contributed by atoms with Crippen molar-refractivity contribution in [2.75, 3.05) is 31.1 Å². The number of aliphatic hydroxyl groups excluding tert-OH is 1. The van der Waals surface area contributed by atoms with Gasteiger partial charge in [0.15, 0.2) is 0 Å². The monoisotopic (exact) mass is 388 g/mol. The van der Waals surface area contributed by atoms with Crippen LogP contribution in [0.3, 0.4) is 0 Å². The number of pyridine rings is 1. The van der Waals surface area contributed by atoms with Crippen molar-refractivity contribution in [3.8, 4) is 5.75 Å². The maximum Gasteiger partial charge on any atom is 0.224 e. The van der Waals surface area contributed by atoms with Gasteiger partial charge in [0.2, 0.25) is 6.29 Å². The lowest BCUT2D eigenvalue weighted by Crippen LogP contribution is -2.50. The number of rotatable bonds is 2. The standard InChI is InChI=1S/C23H24N4O2/c28-23-20(17-4-6-22-24-7-9-27(22)14-17)12-16-3-5-18(13-21(16)29-23)26-11-10-25-8-1-2-19(25)15-26/h3-7,9,12-14,19,23,28H,1-2,8,10-11,15H2/t19-,23?/m0/s1. The SMILES string of the molecule is OC1Oc2cc(N3CCN4CCC[C@H]4C3)ccc2C=C1c1ccc2nccn2c1. The minimum atomic E-state index is -0.981. The highest BCUT2D eigenvalue weighted by Gasteiger charge is 2.31. The molecule has 6 rings (SSSR count). The first-order valence-electron chi connectivity index (χ1n) is 10.4. The number of hydrogen-bond acceptors (Lipinski definition) is 5. The minimum Gasteiger partial charge on any atom is -0.460 e. The number of benzene rings is 1. The second kappa shape index (κ2) is 6.61. The smallest absolute Gasteiger partial charge is 0.224 e. The van der Waals surface area contributed by atoms with Gasteiger partial charge in [0.1, 0.15) is 11.4 Å². The Bertz CT molecular complexity index is 1110. The summed E-state index contributed by atoms with van der Waals surface area (Å²) in [6.07, 6.45) is 9.30. The fourth-order valence-corrected chi connectivity index (χ4v) is 4.91. The van der Waals surface area contributed by atoms with E-state index < -0.39 is 6.29 Å². The zero-order valence-electron chi connectivity index (χ0n) is 16.2. The van der Waals surface area contributed by atoms with E-state index in [1.807, 2.05) is 35.0 Å². The molecule has 1 aromatic carbocycles. The lowest BCUT2D eigenvalue weighted by Gasteiger charge is -2.39. The molecule has 0 aliphatic carbocycles. The summed E-state index contributed by atoms with van der Waals surface area (Å²) in [6, 6.07) is 11.0. The molecule has 2 fully saturated rings. The topological polar surface area (TPSA) is 53.2 Å². The second-order valence-electron chi connectivity index (χ2n) is 8.18. The van der Waals surface area contributed by atoms with Crippen molar-refractivity contribution in [1.29, 1.82) is 0 Å². The third-order valence-electron chi connectivity index (χ3n) is 6.49. The first kappa shape index (κ1) is 17.1. The number of fused-ring (bicyclic) bond motifs is 3. The molecule has 6 nitrogen and oxygen atoms in total. The van der Waals surface area contributed by atoms with Gasteiger partial charge in [0.25, 0.3) is 0 Å². The van der Waals surface area contributed by atoms with E-state index in [1.54, 1.807) is 6.20 Å². The third-order valence-corrected chi connectivity index (χ3v) is 6.49. The van der Waals surface area contributed by atoms with Crippen molar-refractivity contribution in [2.45, 2.75) is 25.2 Å². The number of aliphatic hydroxyl groups is 1. The molecular formula is C23H24N4O2. The van der Waals surface area contributed by atoms with Crippen LogP contribution in [0, 0.1) is 0 Å². The van der Waals surface area contributed by atoms with E-state index in [4.69, 9.17) is 4.74 Å². The summed E-state index contributed by atoms with van der Waals surface area (Å²) >= 11 is 0. The average molecular weight is 388 g/mol. The zero-order valence-corrected chi connectivity index (χ0v) is 16.2. The fraction of sp³-hybridized carbons (Fsp3) is 0.348. The quantitative estimate of drug-likeness (QED) is 0.732. The summed E-state index contributed by atoms with van der Waals surface area (Å²) < 4.78 is 7.88. The van der Waals surface area contributed by atoms with E-state index >= 15 is 0 Å². The van der Waals surface area contributed by atoms with Gasteiger partial charge in [0, 0.05) is 72.7 Å². The Hall–Kier alpha value is -2.83. The summed E-state index contributed by atoms with van der Waals surface area (Å²) in [5.41, 5.74) is 4.75. The van der Waals surface area contributed by atoms with Crippen LogP contribution in [-0.4, -0.2) is 57.9 Å². The first-order valence-corrected chi connectivity index (χ1v) is 10.4. The van der Waals surface area contributed by atoms with Crippen LogP contribution in [0.5, 0.6) is 5.75 Å². The molecular weight excluding hydrogens is 364 g/mol. The maximum atomic E-state index is 10.7. The predicted octanol–water partition coefficient (Wildman–Crippen LogP) is 2.87. The number of aromatic nitrogens is 2. The van der Waals surface area contributed by atoms with Crippen molar-refractivity contribution in [3.05, 3.63) is 60.0 Å². The number of anilines is 1. The molecule has 2 atom stereocenters. The lowest BCUT2D eigenvalue weighted by atomic mass is 10.00. The molecule has 5 heterocycles. The minimum absolute atomic E-state index is 0.677. The Kier molecular flexibility index (Phi) is 3.89. The van der Waals surface area contributed by atoms with Crippen molar-refractivity contribution >= 4 is 23.0 Å². The van der Waals surface area contributed by atoms with Gasteiger partial charge in [-0.15, -0.1) is 0 Å². The van der Waals surface area contributed by atoms with Gasteiger partial charge >= 0.3 is 0 Å². The third kappa shape index (κ3) is 2.91. The molecule has 3 aromatic rings. The van der Waals surface area contributed by atoms with Crippen LogP contribution >= 0.6 is 0 Å². The van der Waals surface area contributed by atoms with Gasteiger partial charge in [0.05, 0.1) is 0 Å². The summed E-state index contributed by atoms with van der Waals surface area (Å²) in [6.45, 7) is 4.50. The van der Waals surface area contributed by atoms with Crippen molar-refractivity contribution in [3.63, 3.8) is 0 Å². The van der Waals surface area contributed by atoms with E-state index in [0.717, 1.165) is 47.7 Å². The van der Waals surface area contributed by atoms with E-state index in [-0.39, 0.29) is 0 Å². The van der Waals surface area contributed by atoms with Crippen molar-refractivity contribution < 1.29 is 9.84 Å². The number of imidazole rings is 1. The van der Waals surface area contributed by atoms with Crippen LogP contribution in [0.15, 0.2) is 48.9 Å². The van der Waals surface area contributed by atoms with E-state index in [2.05, 4.69) is 33.0 Å². The van der Waals surface area contributed by atoms with Gasteiger partial charge in [-0.05, 0) is 49.7 Å². The summed E-state index contributed by atoms with van der Waals surface area (Å²) in [5.74, 6) is 0.747. The predicted molar refractivity (Wildman–Crippen MR) is 113 cm³/mol. The van der Waals surface area contributed by atoms with Crippen LogP contribution in [0.4, 0.5) is 5.69 Å². The van der Waals surface area contributed by atoms with E-state index in [1.165, 1.54) is 25.1 Å². The van der Waals surface area contributed by atoms with Gasteiger partial charge in [-0.2, -0.15) is 0 Å². The van der Waals surface area contributed by atoms with Crippen LogP contribution in [0.25, 0.3) is 17.3 Å². The van der Waals surface area contributed by atoms with E-state index in [0.29, 0.717) is 6.04 Å². The Morgan fingerprint density at radius 3 is 3.03 bits per heavy atom. The molecule has 29 heavy (non-hydrogen) atoms. The zero-order chi connectivity index (χ0) is 19.4. The number of hydrogen-bond donors (Lipinski definition) is 1. The Labute approximate surface area is 169 Å². The molecule has 148 valence electrons. The molecule has 1 unspecified atom stereocenters. The molecule has 0 saturated carbocycles. The van der Waals surface area contributed by atoms with Crippen LogP contribution in [0.1, 0.15) is 24.0 Å². The Morgan fingerprint density at radius 2 is 2.07 bits per heavy atom. The molecule has 1 N–H and O–H groups in total. The lowest BCUT2D eigenvalue weighted by molar-refractivity contribution is 0.0320. The van der Waals surface area contributed by atoms with Gasteiger partial charge < -0.3 is 19.1 Å². The molecule has 6 heteroatoms. The average Bonchev–Trinajstić information content (AvgIpc) is 3.40. The van der Waals surface area contributed by atoms with Crippen molar-refractivity contribution in [2.24, 2.45) is 0 Å². The number of piperazine rings is 1. The van der Waals surface area contributed by atoms with Crippen molar-refractivity contribution in [1.82, 2.24) is 14.3 Å². The molecule has 2 aromatic heterocycles. The summed E-state index contributed by atoms with van der Waals surface area (Å²) in [5, 5.41) is 10.7. The van der Waals surface area contributed by atoms with Crippen LogP contribution in [-0.2, 0) is 0 Å². The Morgan fingerprint density at radius 1 is 1.10 bits per heavy atom. The molecule has 0 spiro atoms. The molecule has 2 saturated heterocycles. The largest absolute Gasteiger partial charge is 0.460 e. The highest BCUT2D eigenvalue weighted by molar-refractivity contribution is 5.87. The molecule has 3 aliphatic rings. The molecule has 0 radical (unpaired) electrons. The van der Waals surface area contributed by atoms with Gasteiger partial charge in [-0.25, -0.2) is 4.98 Å². The summed E-state index contributed by atoms with van der Waals surface area (Å²) in [7, 11) is 0. The normalized spacial score (nSPS) is 24.2. The van der Waals surface area contributed by atoms with Crippen LogP contribution < -0.4 is 9.64 Å². The fourth-order valence-electron chi connectivity index (χ4n) is 4.91.